The molecular weight excluding hydrogens is 829 g/mol. The van der Waals surface area contributed by atoms with E-state index in [9.17, 15) is 14.4 Å². The Morgan fingerprint density at radius 1 is 0.284 bits per heavy atom. The lowest BCUT2D eigenvalue weighted by Crippen LogP contribution is -2.30. The van der Waals surface area contributed by atoms with E-state index < -0.39 is 6.10 Å². The molecule has 0 aromatic heterocycles. The molecule has 0 bridgehead atoms. The van der Waals surface area contributed by atoms with E-state index in [0.29, 0.717) is 19.3 Å². The Labute approximate surface area is 418 Å². The summed E-state index contributed by atoms with van der Waals surface area (Å²) in [6, 6.07) is 0. The van der Waals surface area contributed by atoms with E-state index in [2.05, 4.69) is 32.9 Å². The highest BCUT2D eigenvalue weighted by atomic mass is 16.6. The molecule has 0 aliphatic rings. The van der Waals surface area contributed by atoms with Crippen LogP contribution in [0.5, 0.6) is 0 Å². The van der Waals surface area contributed by atoms with Crippen LogP contribution < -0.4 is 0 Å². The van der Waals surface area contributed by atoms with Gasteiger partial charge in [-0.25, -0.2) is 0 Å². The molecule has 6 nitrogen and oxygen atoms in total. The van der Waals surface area contributed by atoms with E-state index in [4.69, 9.17) is 14.2 Å². The van der Waals surface area contributed by atoms with Gasteiger partial charge in [-0.1, -0.05) is 290 Å². The zero-order valence-corrected chi connectivity index (χ0v) is 45.5. The van der Waals surface area contributed by atoms with Gasteiger partial charge >= 0.3 is 17.9 Å². The number of esters is 3. The highest BCUT2D eigenvalue weighted by Crippen LogP contribution is 2.17. The predicted octanol–water partition coefficient (Wildman–Crippen LogP) is 20.1. The molecule has 0 amide bonds. The Bertz CT molecular complexity index is 1040. The van der Waals surface area contributed by atoms with Crippen LogP contribution in [-0.4, -0.2) is 37.2 Å². The van der Waals surface area contributed by atoms with Gasteiger partial charge in [0.2, 0.25) is 0 Å². The van der Waals surface area contributed by atoms with Gasteiger partial charge in [0.05, 0.1) is 0 Å². The lowest BCUT2D eigenvalue weighted by Gasteiger charge is -2.18. The number of hydrogen-bond donors (Lipinski definition) is 0. The van der Waals surface area contributed by atoms with Crippen molar-refractivity contribution in [2.24, 2.45) is 0 Å². The summed E-state index contributed by atoms with van der Waals surface area (Å²) >= 11 is 0. The summed E-state index contributed by atoms with van der Waals surface area (Å²) in [4.78, 5) is 37.9. The molecule has 1 unspecified atom stereocenters. The van der Waals surface area contributed by atoms with E-state index in [1.165, 1.54) is 244 Å². The fraction of sp³-hybridized carbons (Fsp3) is 0.918. The van der Waals surface area contributed by atoms with Crippen LogP contribution in [0.2, 0.25) is 0 Å². The van der Waals surface area contributed by atoms with Gasteiger partial charge in [-0.3, -0.25) is 14.4 Å². The first-order chi connectivity index (χ1) is 33.0. The molecule has 1 atom stereocenters. The minimum Gasteiger partial charge on any atom is -0.462 e. The third-order valence-electron chi connectivity index (χ3n) is 13.8. The summed E-state index contributed by atoms with van der Waals surface area (Å²) in [6.45, 7) is 6.64. The second-order valence-electron chi connectivity index (χ2n) is 20.6. The Morgan fingerprint density at radius 2 is 0.493 bits per heavy atom. The van der Waals surface area contributed by atoms with Crippen molar-refractivity contribution in [3.63, 3.8) is 0 Å². The average molecular weight is 946 g/mol. The van der Waals surface area contributed by atoms with Crippen molar-refractivity contribution in [3.05, 3.63) is 12.2 Å². The largest absolute Gasteiger partial charge is 0.462 e. The molecule has 0 saturated heterocycles. The molecule has 0 N–H and O–H groups in total. The van der Waals surface area contributed by atoms with Gasteiger partial charge in [0.15, 0.2) is 6.10 Å². The Balaban J connectivity index is 4.00. The SMILES string of the molecule is CCCCCCCCCC/C=C\CCCCCCCCCCCCCCCCCC(=O)OCC(COC(=O)CCCCCCCC)OC(=O)CCCCCCCCCCCCCCCCCC. The van der Waals surface area contributed by atoms with Gasteiger partial charge in [-0.15, -0.1) is 0 Å². The fourth-order valence-corrected chi connectivity index (χ4v) is 9.21. The first-order valence-electron chi connectivity index (χ1n) is 30.2. The van der Waals surface area contributed by atoms with Crippen molar-refractivity contribution in [2.75, 3.05) is 13.2 Å². The van der Waals surface area contributed by atoms with Crippen molar-refractivity contribution >= 4 is 17.9 Å². The van der Waals surface area contributed by atoms with Crippen molar-refractivity contribution in [1.29, 1.82) is 0 Å². The third-order valence-corrected chi connectivity index (χ3v) is 13.8. The molecule has 0 fully saturated rings. The van der Waals surface area contributed by atoms with E-state index in [1.807, 2.05) is 0 Å². The zero-order chi connectivity index (χ0) is 48.6. The molecule has 0 aromatic carbocycles. The second-order valence-corrected chi connectivity index (χ2v) is 20.6. The quantitative estimate of drug-likeness (QED) is 0.0262. The van der Waals surface area contributed by atoms with Gasteiger partial charge in [-0.2, -0.15) is 0 Å². The number of carbonyl (C=O) groups excluding carboxylic acids is 3. The van der Waals surface area contributed by atoms with Gasteiger partial charge in [0.1, 0.15) is 13.2 Å². The molecule has 0 aliphatic heterocycles. The predicted molar refractivity (Wildman–Crippen MR) is 289 cm³/mol. The van der Waals surface area contributed by atoms with Crippen LogP contribution in [0.3, 0.4) is 0 Å². The number of rotatable bonds is 56. The van der Waals surface area contributed by atoms with Crippen LogP contribution in [-0.2, 0) is 28.6 Å². The minimum atomic E-state index is -0.761. The number of hydrogen-bond acceptors (Lipinski definition) is 6. The van der Waals surface area contributed by atoms with Crippen LogP contribution in [0.4, 0.5) is 0 Å². The van der Waals surface area contributed by atoms with E-state index in [-0.39, 0.29) is 31.1 Å². The molecular formula is C61H116O6. The summed E-state index contributed by atoms with van der Waals surface area (Å²) in [5.41, 5.74) is 0. The summed E-state index contributed by atoms with van der Waals surface area (Å²) in [7, 11) is 0. The molecule has 0 radical (unpaired) electrons. The Morgan fingerprint density at radius 3 is 0.746 bits per heavy atom. The normalized spacial score (nSPS) is 12.0. The Hall–Kier alpha value is -1.85. The Kier molecular flexibility index (Phi) is 55.2. The highest BCUT2D eigenvalue weighted by Gasteiger charge is 2.19. The zero-order valence-electron chi connectivity index (χ0n) is 45.5. The maximum atomic E-state index is 12.8. The maximum absolute atomic E-state index is 12.8. The minimum absolute atomic E-state index is 0.0643. The standard InChI is InChI=1S/C61H116O6/c1-4-7-10-13-16-18-20-22-24-26-27-28-29-30-31-32-33-34-35-36-38-39-41-43-45-48-51-54-60(63)66-57-58(56-65-59(62)53-50-47-15-12-9-6-3)67-61(64)55-52-49-46-44-42-40-37-25-23-21-19-17-14-11-8-5-2/h26-27,58H,4-25,28-57H2,1-3H3/b27-26-. The first kappa shape index (κ1) is 65.1. The number of ether oxygens (including phenoxy) is 3. The topological polar surface area (TPSA) is 78.9 Å². The molecule has 0 heterocycles. The smallest absolute Gasteiger partial charge is 0.306 e. The highest BCUT2D eigenvalue weighted by molar-refractivity contribution is 5.71. The van der Waals surface area contributed by atoms with E-state index >= 15 is 0 Å². The fourth-order valence-electron chi connectivity index (χ4n) is 9.21. The summed E-state index contributed by atoms with van der Waals surface area (Å²) in [5.74, 6) is -0.851. The lowest BCUT2D eigenvalue weighted by molar-refractivity contribution is -0.167. The van der Waals surface area contributed by atoms with Gasteiger partial charge in [-0.05, 0) is 44.9 Å². The van der Waals surface area contributed by atoms with Crippen LogP contribution in [0, 0.1) is 0 Å². The molecule has 0 saturated carbocycles. The molecule has 0 rings (SSSR count). The van der Waals surface area contributed by atoms with Gasteiger partial charge in [0.25, 0.3) is 0 Å². The van der Waals surface area contributed by atoms with Gasteiger partial charge < -0.3 is 14.2 Å². The molecule has 0 spiro atoms. The first-order valence-corrected chi connectivity index (χ1v) is 30.2. The monoisotopic (exact) mass is 945 g/mol. The lowest BCUT2D eigenvalue weighted by atomic mass is 10.0. The molecule has 0 aliphatic carbocycles. The van der Waals surface area contributed by atoms with E-state index in [1.54, 1.807) is 0 Å². The van der Waals surface area contributed by atoms with Crippen LogP contribution in [0.1, 0.15) is 342 Å². The van der Waals surface area contributed by atoms with Crippen molar-refractivity contribution in [1.82, 2.24) is 0 Å². The maximum Gasteiger partial charge on any atom is 0.306 e. The average Bonchev–Trinajstić information content (AvgIpc) is 3.33. The summed E-state index contributed by atoms with van der Waals surface area (Å²) in [6.07, 6.45) is 65.4. The van der Waals surface area contributed by atoms with Crippen LogP contribution in [0.15, 0.2) is 12.2 Å². The number of allylic oxidation sites excluding steroid dienone is 2. The van der Waals surface area contributed by atoms with E-state index in [0.717, 1.165) is 57.8 Å². The van der Waals surface area contributed by atoms with Crippen molar-refractivity contribution in [2.45, 2.75) is 348 Å². The molecule has 396 valence electrons. The van der Waals surface area contributed by atoms with Crippen molar-refractivity contribution < 1.29 is 28.6 Å². The van der Waals surface area contributed by atoms with Crippen LogP contribution >= 0.6 is 0 Å². The van der Waals surface area contributed by atoms with Gasteiger partial charge in [0, 0.05) is 19.3 Å². The summed E-state index contributed by atoms with van der Waals surface area (Å²) < 4.78 is 16.8. The summed E-state index contributed by atoms with van der Waals surface area (Å²) in [5, 5.41) is 0. The van der Waals surface area contributed by atoms with Crippen LogP contribution in [0.25, 0.3) is 0 Å². The number of unbranched alkanes of at least 4 members (excludes halogenated alkanes) is 43. The molecule has 6 heteroatoms. The second kappa shape index (κ2) is 56.7. The van der Waals surface area contributed by atoms with Crippen molar-refractivity contribution in [3.8, 4) is 0 Å². The number of carbonyl (C=O) groups is 3. The molecule has 0 aromatic rings. The molecule has 67 heavy (non-hydrogen) atoms. The third kappa shape index (κ3) is 55.0.